The molecule has 7 heteroatoms. The number of hydrogen-bond donors (Lipinski definition) is 1. The highest BCUT2D eigenvalue weighted by molar-refractivity contribution is 5.94. The fraction of sp³-hybridized carbons (Fsp3) is 0.389. The van der Waals surface area contributed by atoms with E-state index in [1.54, 1.807) is 0 Å². The SMILES string of the molecule is Cc1noc(C)c1-c1cccc2cnc(NN3CCN(C)CC3)nc12. The molecule has 2 aromatic heterocycles. The number of para-hydroxylation sites is 1. The molecule has 0 amide bonds. The zero-order chi connectivity index (χ0) is 17.4. The molecule has 25 heavy (non-hydrogen) atoms. The molecule has 1 fully saturated rings. The third-order valence-electron chi connectivity index (χ3n) is 4.67. The van der Waals surface area contributed by atoms with Crippen molar-refractivity contribution in [1.82, 2.24) is 25.0 Å². The molecule has 0 spiro atoms. The number of hydrazine groups is 1. The zero-order valence-corrected chi connectivity index (χ0v) is 14.8. The summed E-state index contributed by atoms with van der Waals surface area (Å²) in [7, 11) is 2.14. The first-order valence-corrected chi connectivity index (χ1v) is 8.51. The van der Waals surface area contributed by atoms with E-state index in [4.69, 9.17) is 9.51 Å². The van der Waals surface area contributed by atoms with E-state index >= 15 is 0 Å². The van der Waals surface area contributed by atoms with Gasteiger partial charge in [0.15, 0.2) is 0 Å². The fourth-order valence-corrected chi connectivity index (χ4v) is 3.24. The summed E-state index contributed by atoms with van der Waals surface area (Å²) < 4.78 is 5.34. The van der Waals surface area contributed by atoms with E-state index in [1.165, 1.54) is 0 Å². The molecule has 1 saturated heterocycles. The van der Waals surface area contributed by atoms with Crippen LogP contribution in [0.2, 0.25) is 0 Å². The number of anilines is 1. The van der Waals surface area contributed by atoms with Gasteiger partial charge in [-0.15, -0.1) is 0 Å². The third-order valence-corrected chi connectivity index (χ3v) is 4.67. The number of hydrogen-bond acceptors (Lipinski definition) is 7. The van der Waals surface area contributed by atoms with Crippen molar-refractivity contribution in [3.63, 3.8) is 0 Å². The minimum atomic E-state index is 0.622. The van der Waals surface area contributed by atoms with Gasteiger partial charge in [-0.1, -0.05) is 23.4 Å². The normalized spacial score (nSPS) is 16.4. The lowest BCUT2D eigenvalue weighted by atomic mass is 10.0. The van der Waals surface area contributed by atoms with Crippen LogP contribution < -0.4 is 5.43 Å². The monoisotopic (exact) mass is 338 g/mol. The minimum absolute atomic E-state index is 0.622. The Kier molecular flexibility index (Phi) is 4.10. The van der Waals surface area contributed by atoms with Crippen LogP contribution in [-0.4, -0.2) is 58.3 Å². The van der Waals surface area contributed by atoms with Crippen molar-refractivity contribution in [2.24, 2.45) is 0 Å². The summed E-state index contributed by atoms with van der Waals surface area (Å²) >= 11 is 0. The van der Waals surface area contributed by atoms with Crippen LogP contribution in [0.15, 0.2) is 28.9 Å². The maximum atomic E-state index is 5.34. The molecule has 0 bridgehead atoms. The number of nitrogens with one attached hydrogen (secondary N) is 1. The Morgan fingerprint density at radius 1 is 1.12 bits per heavy atom. The maximum absolute atomic E-state index is 5.34. The molecule has 0 radical (unpaired) electrons. The Bertz CT molecular complexity index is 878. The lowest BCUT2D eigenvalue weighted by Crippen LogP contribution is -2.47. The van der Waals surface area contributed by atoms with Crippen LogP contribution >= 0.6 is 0 Å². The van der Waals surface area contributed by atoms with Crippen molar-refractivity contribution < 1.29 is 4.52 Å². The molecule has 3 aromatic rings. The number of likely N-dealkylation sites (N-methyl/N-ethyl adjacent to an activating group) is 1. The first kappa shape index (κ1) is 16.0. The second-order valence-electron chi connectivity index (χ2n) is 6.54. The van der Waals surface area contributed by atoms with Gasteiger partial charge in [0.2, 0.25) is 5.95 Å². The molecule has 1 aliphatic heterocycles. The van der Waals surface area contributed by atoms with Crippen LogP contribution in [0.4, 0.5) is 5.95 Å². The van der Waals surface area contributed by atoms with E-state index in [9.17, 15) is 0 Å². The molecule has 0 atom stereocenters. The van der Waals surface area contributed by atoms with E-state index in [0.717, 1.165) is 59.7 Å². The van der Waals surface area contributed by atoms with Gasteiger partial charge in [0.1, 0.15) is 5.76 Å². The van der Waals surface area contributed by atoms with E-state index in [0.29, 0.717) is 5.95 Å². The number of piperazine rings is 1. The van der Waals surface area contributed by atoms with Crippen LogP contribution in [0.25, 0.3) is 22.0 Å². The third kappa shape index (κ3) is 3.08. The van der Waals surface area contributed by atoms with Crippen molar-refractivity contribution in [3.05, 3.63) is 35.9 Å². The first-order chi connectivity index (χ1) is 12.1. The standard InChI is InChI=1S/C18H22N6O/c1-12-16(13(2)25-22-12)15-6-4-5-14-11-19-18(20-17(14)15)21-24-9-7-23(3)8-10-24/h4-6,11H,7-10H2,1-3H3,(H,19,20,21). The highest BCUT2D eigenvalue weighted by Crippen LogP contribution is 2.32. The van der Waals surface area contributed by atoms with Crippen LogP contribution in [0.3, 0.4) is 0 Å². The van der Waals surface area contributed by atoms with E-state index in [-0.39, 0.29) is 0 Å². The molecule has 130 valence electrons. The Morgan fingerprint density at radius 2 is 1.92 bits per heavy atom. The van der Waals surface area contributed by atoms with Crippen LogP contribution in [0, 0.1) is 13.8 Å². The molecule has 1 aromatic carbocycles. The highest BCUT2D eigenvalue weighted by atomic mass is 16.5. The van der Waals surface area contributed by atoms with Gasteiger partial charge in [0.25, 0.3) is 0 Å². The van der Waals surface area contributed by atoms with Crippen molar-refractivity contribution >= 4 is 16.9 Å². The Morgan fingerprint density at radius 3 is 2.64 bits per heavy atom. The average Bonchev–Trinajstić information content (AvgIpc) is 2.95. The maximum Gasteiger partial charge on any atom is 0.238 e. The van der Waals surface area contributed by atoms with Gasteiger partial charge >= 0.3 is 0 Å². The average molecular weight is 338 g/mol. The topological polar surface area (TPSA) is 70.3 Å². The second-order valence-corrected chi connectivity index (χ2v) is 6.54. The molecule has 0 aliphatic carbocycles. The number of rotatable bonds is 3. The Balaban J connectivity index is 1.71. The molecule has 7 nitrogen and oxygen atoms in total. The second kappa shape index (κ2) is 6.42. The van der Waals surface area contributed by atoms with Crippen molar-refractivity contribution in [1.29, 1.82) is 0 Å². The van der Waals surface area contributed by atoms with Crippen molar-refractivity contribution in [2.45, 2.75) is 13.8 Å². The van der Waals surface area contributed by atoms with Crippen LogP contribution in [0.5, 0.6) is 0 Å². The molecule has 1 aliphatic rings. The zero-order valence-electron chi connectivity index (χ0n) is 14.8. The molecule has 0 saturated carbocycles. The molecular weight excluding hydrogens is 316 g/mol. The summed E-state index contributed by atoms with van der Waals surface area (Å²) in [6, 6.07) is 6.10. The van der Waals surface area contributed by atoms with Crippen molar-refractivity contribution in [3.8, 4) is 11.1 Å². The highest BCUT2D eigenvalue weighted by Gasteiger charge is 2.17. The first-order valence-electron chi connectivity index (χ1n) is 8.51. The lowest BCUT2D eigenvalue weighted by Gasteiger charge is -2.32. The van der Waals surface area contributed by atoms with Gasteiger partial charge in [0, 0.05) is 48.9 Å². The van der Waals surface area contributed by atoms with Gasteiger partial charge in [-0.3, -0.25) is 5.43 Å². The van der Waals surface area contributed by atoms with E-state index in [2.05, 4.69) is 38.6 Å². The van der Waals surface area contributed by atoms with Gasteiger partial charge in [-0.2, -0.15) is 0 Å². The molecule has 3 heterocycles. The number of fused-ring (bicyclic) bond motifs is 1. The molecule has 4 rings (SSSR count). The van der Waals surface area contributed by atoms with E-state index in [1.807, 2.05) is 32.2 Å². The number of nitrogens with zero attached hydrogens (tertiary/aromatic N) is 5. The predicted octanol–water partition coefficient (Wildman–Crippen LogP) is 2.48. The van der Waals surface area contributed by atoms with Gasteiger partial charge in [-0.05, 0) is 20.9 Å². The fourth-order valence-electron chi connectivity index (χ4n) is 3.24. The summed E-state index contributed by atoms with van der Waals surface area (Å²) in [4.78, 5) is 11.6. The van der Waals surface area contributed by atoms with Crippen LogP contribution in [-0.2, 0) is 0 Å². The lowest BCUT2D eigenvalue weighted by molar-refractivity contribution is 0.178. The quantitative estimate of drug-likeness (QED) is 0.786. The Labute approximate surface area is 146 Å². The molecule has 1 N–H and O–H groups in total. The number of benzene rings is 1. The molecular formula is C18H22N6O. The Hall–Kier alpha value is -2.51. The van der Waals surface area contributed by atoms with Gasteiger partial charge in [0.05, 0.1) is 11.2 Å². The smallest absolute Gasteiger partial charge is 0.238 e. The van der Waals surface area contributed by atoms with Gasteiger partial charge in [-0.25, -0.2) is 15.0 Å². The van der Waals surface area contributed by atoms with E-state index < -0.39 is 0 Å². The summed E-state index contributed by atoms with van der Waals surface area (Å²) in [6.45, 7) is 7.84. The van der Waals surface area contributed by atoms with Crippen molar-refractivity contribution in [2.75, 3.05) is 38.7 Å². The van der Waals surface area contributed by atoms with Gasteiger partial charge < -0.3 is 9.42 Å². The van der Waals surface area contributed by atoms with Crippen LogP contribution in [0.1, 0.15) is 11.5 Å². The predicted molar refractivity (Wildman–Crippen MR) is 97.2 cm³/mol. The summed E-state index contributed by atoms with van der Waals surface area (Å²) in [5.41, 5.74) is 7.15. The largest absolute Gasteiger partial charge is 0.361 e. The number of aromatic nitrogens is 3. The number of aryl methyl sites for hydroxylation is 2. The summed E-state index contributed by atoms with van der Waals surface area (Å²) in [6.07, 6.45) is 1.86. The summed E-state index contributed by atoms with van der Waals surface area (Å²) in [5.74, 6) is 1.42. The molecule has 0 unspecified atom stereocenters. The minimum Gasteiger partial charge on any atom is -0.361 e. The summed E-state index contributed by atoms with van der Waals surface area (Å²) in [5, 5.41) is 7.24.